The molecular weight excluding hydrogens is 183 g/mol. The monoisotopic (exact) mass is 190 g/mol. The van der Waals surface area contributed by atoms with Gasteiger partial charge in [-0.2, -0.15) is 13.5 Å². The lowest BCUT2D eigenvalue weighted by atomic mass is 10.4. The molecule has 0 radical (unpaired) electrons. The molecule has 0 saturated carbocycles. The predicted octanol–water partition coefficient (Wildman–Crippen LogP) is 0.690. The van der Waals surface area contributed by atoms with Gasteiger partial charge in [0.05, 0.1) is 11.6 Å². The third-order valence-electron chi connectivity index (χ3n) is 1.15. The molecule has 4 nitrogen and oxygen atoms in total. The molecular formula is C6H7FN2O2S. The molecule has 0 unspecified atom stereocenters. The van der Waals surface area contributed by atoms with Gasteiger partial charge >= 0.3 is 10.2 Å². The van der Waals surface area contributed by atoms with E-state index in [-0.39, 0.29) is 0 Å². The lowest BCUT2D eigenvalue weighted by molar-refractivity contribution is 0.563. The fourth-order valence-electron chi connectivity index (χ4n) is 0.686. The van der Waals surface area contributed by atoms with E-state index in [4.69, 9.17) is 0 Å². The van der Waals surface area contributed by atoms with Crippen molar-refractivity contribution in [2.75, 3.05) is 0 Å². The van der Waals surface area contributed by atoms with Crippen molar-refractivity contribution >= 4 is 16.3 Å². The van der Waals surface area contributed by atoms with E-state index >= 15 is 0 Å². The Morgan fingerprint density at radius 2 is 2.33 bits per heavy atom. The molecule has 0 aliphatic carbocycles. The van der Waals surface area contributed by atoms with Crippen LogP contribution in [0.25, 0.3) is 6.08 Å². The minimum absolute atomic E-state index is 0.490. The minimum Gasteiger partial charge on any atom is -0.275 e. The Kier molecular flexibility index (Phi) is 2.27. The first-order valence-electron chi connectivity index (χ1n) is 3.09. The first-order chi connectivity index (χ1) is 5.47. The summed E-state index contributed by atoms with van der Waals surface area (Å²) in [5.74, 6) is 0. The average Bonchev–Trinajstić information content (AvgIpc) is 2.30. The summed E-state index contributed by atoms with van der Waals surface area (Å²) in [5.41, 5.74) is 0.540. The van der Waals surface area contributed by atoms with Crippen LogP contribution in [0, 0.1) is 0 Å². The average molecular weight is 190 g/mol. The Labute approximate surface area is 69.5 Å². The third kappa shape index (κ3) is 2.83. The Morgan fingerprint density at radius 1 is 1.67 bits per heavy atom. The zero-order valence-electron chi connectivity index (χ0n) is 6.31. The van der Waals surface area contributed by atoms with E-state index in [0.29, 0.717) is 11.0 Å². The Bertz CT molecular complexity index is 393. The molecule has 6 heteroatoms. The van der Waals surface area contributed by atoms with Gasteiger partial charge in [0, 0.05) is 18.8 Å². The molecule has 0 aliphatic heterocycles. The lowest BCUT2D eigenvalue weighted by Crippen LogP contribution is -1.84. The molecule has 1 heterocycles. The van der Waals surface area contributed by atoms with Gasteiger partial charge in [-0.15, -0.1) is 3.89 Å². The van der Waals surface area contributed by atoms with Crippen LogP contribution in [0.1, 0.15) is 5.56 Å². The predicted molar refractivity (Wildman–Crippen MR) is 42.3 cm³/mol. The number of hydrogen-bond donors (Lipinski definition) is 0. The van der Waals surface area contributed by atoms with E-state index in [1.54, 1.807) is 13.2 Å². The number of aromatic nitrogens is 2. The molecule has 0 atom stereocenters. The molecule has 0 aliphatic rings. The van der Waals surface area contributed by atoms with Gasteiger partial charge in [0.1, 0.15) is 0 Å². The maximum Gasteiger partial charge on any atom is 0.325 e. The Hall–Kier alpha value is -1.17. The number of halogens is 1. The minimum atomic E-state index is -4.53. The topological polar surface area (TPSA) is 52.0 Å². The van der Waals surface area contributed by atoms with E-state index in [9.17, 15) is 12.3 Å². The molecule has 0 amide bonds. The highest BCUT2D eigenvalue weighted by molar-refractivity contribution is 7.89. The van der Waals surface area contributed by atoms with Crippen LogP contribution in [0.2, 0.25) is 0 Å². The van der Waals surface area contributed by atoms with Crippen molar-refractivity contribution in [2.45, 2.75) is 0 Å². The van der Waals surface area contributed by atoms with Gasteiger partial charge in [0.15, 0.2) is 0 Å². The second-order valence-corrected chi connectivity index (χ2v) is 3.45. The van der Waals surface area contributed by atoms with E-state index in [1.807, 2.05) is 0 Å². The zero-order valence-corrected chi connectivity index (χ0v) is 7.12. The summed E-state index contributed by atoms with van der Waals surface area (Å²) in [6, 6.07) is 0. The highest BCUT2D eigenvalue weighted by Gasteiger charge is 1.98. The molecule has 0 fully saturated rings. The first-order valence-corrected chi connectivity index (χ1v) is 4.53. The molecule has 0 spiro atoms. The van der Waals surface area contributed by atoms with Crippen molar-refractivity contribution in [1.82, 2.24) is 9.78 Å². The molecule has 1 aromatic heterocycles. The largest absolute Gasteiger partial charge is 0.325 e. The number of aryl methyl sites for hydroxylation is 1. The lowest BCUT2D eigenvalue weighted by Gasteiger charge is -1.81. The Balaban J connectivity index is 2.84. The van der Waals surface area contributed by atoms with Crippen LogP contribution >= 0.6 is 0 Å². The summed E-state index contributed by atoms with van der Waals surface area (Å²) in [5, 5.41) is 4.26. The van der Waals surface area contributed by atoms with Crippen molar-refractivity contribution in [2.24, 2.45) is 7.05 Å². The molecule has 1 aromatic rings. The summed E-state index contributed by atoms with van der Waals surface area (Å²) in [4.78, 5) is 0. The molecule has 0 saturated heterocycles. The summed E-state index contributed by atoms with van der Waals surface area (Å²) < 4.78 is 33.5. The SMILES string of the molecule is Cn1cc(/C=C/S(=O)(=O)F)cn1. The quantitative estimate of drug-likeness (QED) is 0.645. The fourth-order valence-corrected chi connectivity index (χ4v) is 1.01. The van der Waals surface area contributed by atoms with Crippen LogP contribution in [0.4, 0.5) is 3.89 Å². The highest BCUT2D eigenvalue weighted by Crippen LogP contribution is 2.02. The van der Waals surface area contributed by atoms with Crippen molar-refractivity contribution < 1.29 is 12.3 Å². The van der Waals surface area contributed by atoms with Gasteiger partial charge in [-0.05, 0) is 6.08 Å². The molecule has 0 N–H and O–H groups in total. The van der Waals surface area contributed by atoms with Gasteiger partial charge in [0.25, 0.3) is 0 Å². The van der Waals surface area contributed by atoms with Crippen molar-refractivity contribution in [3.05, 3.63) is 23.4 Å². The van der Waals surface area contributed by atoms with Crippen LogP contribution in [-0.4, -0.2) is 18.2 Å². The van der Waals surface area contributed by atoms with Gasteiger partial charge in [0.2, 0.25) is 0 Å². The second kappa shape index (κ2) is 3.06. The zero-order chi connectivity index (χ0) is 9.19. The van der Waals surface area contributed by atoms with E-state index in [0.717, 1.165) is 6.08 Å². The summed E-state index contributed by atoms with van der Waals surface area (Å²) in [6.45, 7) is 0. The Morgan fingerprint density at radius 3 is 2.75 bits per heavy atom. The van der Waals surface area contributed by atoms with Gasteiger partial charge in [-0.25, -0.2) is 0 Å². The summed E-state index contributed by atoms with van der Waals surface area (Å²) in [7, 11) is -2.85. The standard InChI is InChI=1S/C6H7FN2O2S/c1-9-5-6(4-8-9)2-3-12(7,10)11/h2-5H,1H3/b3-2+. The van der Waals surface area contributed by atoms with E-state index in [2.05, 4.69) is 5.10 Å². The fraction of sp³-hybridized carbons (Fsp3) is 0.167. The number of rotatable bonds is 2. The van der Waals surface area contributed by atoms with Crippen molar-refractivity contribution in [3.63, 3.8) is 0 Å². The summed E-state index contributed by atoms with van der Waals surface area (Å²) >= 11 is 0. The van der Waals surface area contributed by atoms with Crippen LogP contribution in [0.5, 0.6) is 0 Å². The summed E-state index contributed by atoms with van der Waals surface area (Å²) in [6.07, 6.45) is 4.14. The number of nitrogens with zero attached hydrogens (tertiary/aromatic N) is 2. The third-order valence-corrected chi connectivity index (χ3v) is 1.61. The molecule has 1 rings (SSSR count). The molecule has 12 heavy (non-hydrogen) atoms. The van der Waals surface area contributed by atoms with Gasteiger partial charge < -0.3 is 0 Å². The van der Waals surface area contributed by atoms with Gasteiger partial charge in [-0.3, -0.25) is 4.68 Å². The van der Waals surface area contributed by atoms with Crippen LogP contribution in [-0.2, 0) is 17.3 Å². The molecule has 0 aromatic carbocycles. The van der Waals surface area contributed by atoms with E-state index in [1.165, 1.54) is 10.9 Å². The van der Waals surface area contributed by atoms with Crippen molar-refractivity contribution in [3.8, 4) is 0 Å². The van der Waals surface area contributed by atoms with Crippen molar-refractivity contribution in [1.29, 1.82) is 0 Å². The first kappa shape index (κ1) is 8.92. The normalized spacial score (nSPS) is 12.5. The van der Waals surface area contributed by atoms with Crippen LogP contribution in [0.15, 0.2) is 17.8 Å². The van der Waals surface area contributed by atoms with Gasteiger partial charge in [-0.1, -0.05) is 0 Å². The smallest absolute Gasteiger partial charge is 0.275 e. The maximum atomic E-state index is 11.9. The molecule has 66 valence electrons. The van der Waals surface area contributed by atoms with Crippen LogP contribution in [0.3, 0.4) is 0 Å². The van der Waals surface area contributed by atoms with Crippen LogP contribution < -0.4 is 0 Å². The number of hydrogen-bond acceptors (Lipinski definition) is 3. The van der Waals surface area contributed by atoms with E-state index < -0.39 is 10.2 Å². The maximum absolute atomic E-state index is 11.9. The second-order valence-electron chi connectivity index (χ2n) is 2.23. The molecule has 0 bridgehead atoms. The highest BCUT2D eigenvalue weighted by atomic mass is 32.3.